The molecule has 0 aromatic carbocycles. The van der Waals surface area contributed by atoms with E-state index in [0.717, 1.165) is 56.2 Å². The third kappa shape index (κ3) is 4.06. The van der Waals surface area contributed by atoms with E-state index in [2.05, 4.69) is 27.5 Å². The average Bonchev–Trinajstić information content (AvgIpc) is 2.79. The average molecular weight is 264 g/mol. The van der Waals surface area contributed by atoms with Gasteiger partial charge in [0.25, 0.3) is 0 Å². The maximum Gasteiger partial charge on any atom is 0.131 e. The molecule has 1 heterocycles. The fourth-order valence-corrected chi connectivity index (χ4v) is 2.49. The molecule has 1 aliphatic rings. The van der Waals surface area contributed by atoms with Gasteiger partial charge in [0.05, 0.1) is 6.10 Å². The summed E-state index contributed by atoms with van der Waals surface area (Å²) in [7, 11) is 0. The topological polar surface area (TPSA) is 70.1 Å². The quantitative estimate of drug-likeness (QED) is 0.734. The molecule has 1 aromatic heterocycles. The van der Waals surface area contributed by atoms with Gasteiger partial charge < -0.3 is 15.7 Å². The second-order valence-electron chi connectivity index (χ2n) is 5.25. The second kappa shape index (κ2) is 6.70. The Labute approximate surface area is 114 Å². The molecule has 2 atom stereocenters. The maximum atomic E-state index is 9.81. The van der Waals surface area contributed by atoms with Gasteiger partial charge in [0.1, 0.15) is 17.5 Å². The zero-order valence-electron chi connectivity index (χ0n) is 11.8. The van der Waals surface area contributed by atoms with Crippen LogP contribution < -0.4 is 10.6 Å². The van der Waals surface area contributed by atoms with Gasteiger partial charge in [0, 0.05) is 25.1 Å². The zero-order chi connectivity index (χ0) is 13.7. The summed E-state index contributed by atoms with van der Waals surface area (Å²) in [4.78, 5) is 8.74. The van der Waals surface area contributed by atoms with Crippen molar-refractivity contribution >= 4 is 11.6 Å². The van der Waals surface area contributed by atoms with Crippen molar-refractivity contribution in [1.82, 2.24) is 9.97 Å². The lowest BCUT2D eigenvalue weighted by Gasteiger charge is -2.16. The fraction of sp³-hybridized carbons (Fsp3) is 0.714. The number of hydrogen-bond donors (Lipinski definition) is 3. The van der Waals surface area contributed by atoms with E-state index in [0.29, 0.717) is 5.92 Å². The Morgan fingerprint density at radius 3 is 2.63 bits per heavy atom. The van der Waals surface area contributed by atoms with Crippen molar-refractivity contribution in [3.05, 3.63) is 11.9 Å². The first-order chi connectivity index (χ1) is 9.19. The standard InChI is InChI=1S/C14H24N4O/c1-3-7-15-13-8-14(18-10(2)17-13)16-9-11-5-4-6-12(11)19/h8,11-12,19H,3-7,9H2,1-2H3,(H2,15,16,17,18). The molecule has 0 aliphatic heterocycles. The number of aryl methyl sites for hydroxylation is 1. The van der Waals surface area contributed by atoms with Gasteiger partial charge in [-0.05, 0) is 26.2 Å². The number of nitrogens with one attached hydrogen (secondary N) is 2. The third-order valence-corrected chi connectivity index (χ3v) is 3.56. The maximum absolute atomic E-state index is 9.81. The van der Waals surface area contributed by atoms with E-state index in [1.807, 2.05) is 13.0 Å². The first-order valence-corrected chi connectivity index (χ1v) is 7.20. The molecule has 106 valence electrons. The van der Waals surface area contributed by atoms with Crippen LogP contribution in [0.25, 0.3) is 0 Å². The number of aliphatic hydroxyl groups is 1. The van der Waals surface area contributed by atoms with Crippen LogP contribution in [-0.4, -0.2) is 34.3 Å². The van der Waals surface area contributed by atoms with Crippen LogP contribution in [-0.2, 0) is 0 Å². The van der Waals surface area contributed by atoms with Gasteiger partial charge >= 0.3 is 0 Å². The molecule has 1 aromatic rings. The van der Waals surface area contributed by atoms with E-state index < -0.39 is 0 Å². The minimum absolute atomic E-state index is 0.159. The molecule has 0 amide bonds. The van der Waals surface area contributed by atoms with E-state index in [9.17, 15) is 5.11 Å². The molecule has 0 bridgehead atoms. The van der Waals surface area contributed by atoms with Gasteiger partial charge in [0.2, 0.25) is 0 Å². The summed E-state index contributed by atoms with van der Waals surface area (Å²) >= 11 is 0. The highest BCUT2D eigenvalue weighted by Crippen LogP contribution is 2.25. The van der Waals surface area contributed by atoms with Crippen molar-refractivity contribution in [3.63, 3.8) is 0 Å². The summed E-state index contributed by atoms with van der Waals surface area (Å²) in [6.45, 7) is 5.72. The molecule has 2 unspecified atom stereocenters. The lowest BCUT2D eigenvalue weighted by atomic mass is 10.1. The Morgan fingerprint density at radius 2 is 2.00 bits per heavy atom. The van der Waals surface area contributed by atoms with Gasteiger partial charge in [-0.3, -0.25) is 0 Å². The summed E-state index contributed by atoms with van der Waals surface area (Å²) in [5.41, 5.74) is 0. The molecule has 5 heteroatoms. The van der Waals surface area contributed by atoms with Crippen molar-refractivity contribution < 1.29 is 5.11 Å². The lowest BCUT2D eigenvalue weighted by Crippen LogP contribution is -2.22. The number of nitrogens with zero attached hydrogens (tertiary/aromatic N) is 2. The molecule has 1 fully saturated rings. The summed E-state index contributed by atoms with van der Waals surface area (Å²) in [6, 6.07) is 1.93. The molecule has 0 spiro atoms. The van der Waals surface area contributed by atoms with Crippen LogP contribution in [0.15, 0.2) is 6.07 Å². The van der Waals surface area contributed by atoms with Crippen LogP contribution in [0.2, 0.25) is 0 Å². The van der Waals surface area contributed by atoms with Gasteiger partial charge in [-0.15, -0.1) is 0 Å². The molecule has 1 aliphatic carbocycles. The Hall–Kier alpha value is -1.36. The van der Waals surface area contributed by atoms with Crippen molar-refractivity contribution in [3.8, 4) is 0 Å². The van der Waals surface area contributed by atoms with Gasteiger partial charge in [-0.2, -0.15) is 0 Å². The summed E-state index contributed by atoms with van der Waals surface area (Å²) in [5.74, 6) is 2.81. The van der Waals surface area contributed by atoms with E-state index in [-0.39, 0.29) is 6.10 Å². The molecule has 19 heavy (non-hydrogen) atoms. The van der Waals surface area contributed by atoms with E-state index >= 15 is 0 Å². The number of aliphatic hydroxyl groups excluding tert-OH is 1. The monoisotopic (exact) mass is 264 g/mol. The Kier molecular flexibility index (Phi) is 4.96. The second-order valence-corrected chi connectivity index (χ2v) is 5.25. The minimum Gasteiger partial charge on any atom is -0.393 e. The molecular weight excluding hydrogens is 240 g/mol. The van der Waals surface area contributed by atoms with Crippen LogP contribution in [0.1, 0.15) is 38.4 Å². The minimum atomic E-state index is -0.159. The largest absolute Gasteiger partial charge is 0.393 e. The highest BCUT2D eigenvalue weighted by atomic mass is 16.3. The number of anilines is 2. The molecular formula is C14H24N4O. The first kappa shape index (κ1) is 14.1. The van der Waals surface area contributed by atoms with Crippen LogP contribution in [0.5, 0.6) is 0 Å². The SMILES string of the molecule is CCCNc1cc(NCC2CCCC2O)nc(C)n1. The molecule has 0 radical (unpaired) electrons. The van der Waals surface area contributed by atoms with E-state index in [4.69, 9.17) is 0 Å². The molecule has 1 saturated carbocycles. The normalized spacial score (nSPS) is 22.5. The van der Waals surface area contributed by atoms with Gasteiger partial charge in [0.15, 0.2) is 0 Å². The van der Waals surface area contributed by atoms with E-state index in [1.165, 1.54) is 0 Å². The highest BCUT2D eigenvalue weighted by molar-refractivity contribution is 5.47. The Balaban J connectivity index is 1.93. The van der Waals surface area contributed by atoms with Crippen LogP contribution in [0.3, 0.4) is 0 Å². The smallest absolute Gasteiger partial charge is 0.131 e. The van der Waals surface area contributed by atoms with Crippen molar-refractivity contribution in [2.45, 2.75) is 45.6 Å². The lowest BCUT2D eigenvalue weighted by molar-refractivity contribution is 0.138. The van der Waals surface area contributed by atoms with Gasteiger partial charge in [-0.1, -0.05) is 13.3 Å². The summed E-state index contributed by atoms with van der Waals surface area (Å²) in [6.07, 6.45) is 4.06. The third-order valence-electron chi connectivity index (χ3n) is 3.56. The van der Waals surface area contributed by atoms with Crippen LogP contribution in [0.4, 0.5) is 11.6 Å². The van der Waals surface area contributed by atoms with Crippen LogP contribution in [0, 0.1) is 12.8 Å². The molecule has 5 nitrogen and oxygen atoms in total. The molecule has 0 saturated heterocycles. The number of aromatic nitrogens is 2. The van der Waals surface area contributed by atoms with Crippen molar-refractivity contribution in [1.29, 1.82) is 0 Å². The highest BCUT2D eigenvalue weighted by Gasteiger charge is 2.24. The predicted octanol–water partition coefficient (Wildman–Crippen LogP) is 2.18. The number of hydrogen-bond acceptors (Lipinski definition) is 5. The van der Waals surface area contributed by atoms with Crippen molar-refractivity contribution in [2.24, 2.45) is 5.92 Å². The number of rotatable bonds is 6. The van der Waals surface area contributed by atoms with Crippen molar-refractivity contribution in [2.75, 3.05) is 23.7 Å². The molecule has 2 rings (SSSR count). The summed E-state index contributed by atoms with van der Waals surface area (Å²) < 4.78 is 0. The van der Waals surface area contributed by atoms with Gasteiger partial charge in [-0.25, -0.2) is 9.97 Å². The first-order valence-electron chi connectivity index (χ1n) is 7.20. The predicted molar refractivity (Wildman–Crippen MR) is 77.4 cm³/mol. The zero-order valence-corrected chi connectivity index (χ0v) is 11.8. The fourth-order valence-electron chi connectivity index (χ4n) is 2.49. The Bertz CT molecular complexity index is 410. The Morgan fingerprint density at radius 1 is 1.26 bits per heavy atom. The summed E-state index contributed by atoms with van der Waals surface area (Å²) in [5, 5.41) is 16.4. The van der Waals surface area contributed by atoms with Crippen LogP contribution >= 0.6 is 0 Å². The van der Waals surface area contributed by atoms with E-state index in [1.54, 1.807) is 0 Å². The molecule has 3 N–H and O–H groups in total.